The number of nitrogens with one attached hydrogen (secondary N) is 1. The minimum atomic E-state index is -0.0877. The van der Waals surface area contributed by atoms with Crippen LogP contribution in [0.3, 0.4) is 0 Å². The summed E-state index contributed by atoms with van der Waals surface area (Å²) in [4.78, 5) is 12.2. The maximum Gasteiger partial charge on any atom is 0.310 e. The molecule has 2 saturated heterocycles. The highest BCUT2D eigenvalue weighted by Crippen LogP contribution is 2.42. The molecule has 3 rings (SSSR count). The van der Waals surface area contributed by atoms with Crippen molar-refractivity contribution in [3.05, 3.63) is 35.4 Å². The molecule has 3 heteroatoms. The summed E-state index contributed by atoms with van der Waals surface area (Å²) in [5, 5.41) is 3.56. The number of esters is 1. The third kappa shape index (κ3) is 2.69. The van der Waals surface area contributed by atoms with Gasteiger partial charge in [-0.1, -0.05) is 18.1 Å². The molecule has 110 valence electrons. The van der Waals surface area contributed by atoms with Crippen molar-refractivity contribution in [2.75, 3.05) is 7.11 Å². The summed E-state index contributed by atoms with van der Waals surface area (Å²) in [7, 11) is 1.49. The second-order valence-electron chi connectivity index (χ2n) is 5.94. The fraction of sp³-hybridized carbons (Fsp3) is 0.500. The Hall–Kier alpha value is -1.79. The van der Waals surface area contributed by atoms with Crippen molar-refractivity contribution in [2.24, 2.45) is 5.92 Å². The van der Waals surface area contributed by atoms with Gasteiger partial charge in [0.2, 0.25) is 0 Å². The van der Waals surface area contributed by atoms with Crippen LogP contribution in [-0.4, -0.2) is 25.2 Å². The van der Waals surface area contributed by atoms with Gasteiger partial charge in [-0.05, 0) is 43.9 Å². The molecule has 2 fully saturated rings. The minimum Gasteiger partial charge on any atom is -0.469 e. The molecule has 4 atom stereocenters. The Bertz CT molecular complexity index is 581. The van der Waals surface area contributed by atoms with Crippen molar-refractivity contribution >= 4 is 5.97 Å². The van der Waals surface area contributed by atoms with Gasteiger partial charge in [-0.3, -0.25) is 4.79 Å². The average molecular weight is 283 g/mol. The van der Waals surface area contributed by atoms with Gasteiger partial charge >= 0.3 is 5.97 Å². The summed E-state index contributed by atoms with van der Waals surface area (Å²) in [6, 6.07) is 9.12. The maximum atomic E-state index is 12.2. The monoisotopic (exact) mass is 283 g/mol. The van der Waals surface area contributed by atoms with Gasteiger partial charge in [-0.25, -0.2) is 0 Å². The van der Waals surface area contributed by atoms with E-state index in [0.717, 1.165) is 24.8 Å². The molecule has 2 unspecified atom stereocenters. The van der Waals surface area contributed by atoms with E-state index in [-0.39, 0.29) is 23.8 Å². The van der Waals surface area contributed by atoms with E-state index in [9.17, 15) is 4.79 Å². The molecule has 2 aliphatic rings. The Kier molecular flexibility index (Phi) is 3.98. The first-order chi connectivity index (χ1) is 10.2. The lowest BCUT2D eigenvalue weighted by Gasteiger charge is -2.36. The third-order valence-electron chi connectivity index (χ3n) is 4.76. The van der Waals surface area contributed by atoms with Crippen LogP contribution in [0.25, 0.3) is 0 Å². The van der Waals surface area contributed by atoms with Crippen molar-refractivity contribution in [3.8, 4) is 11.8 Å². The lowest BCUT2D eigenvalue weighted by atomic mass is 9.77. The molecule has 2 bridgehead atoms. The van der Waals surface area contributed by atoms with Crippen LogP contribution < -0.4 is 5.32 Å². The number of benzene rings is 1. The number of carbonyl (C=O) groups is 1. The number of rotatable bonds is 2. The first-order valence-electron chi connectivity index (χ1n) is 7.59. The molecule has 0 aromatic heterocycles. The molecule has 1 aromatic carbocycles. The van der Waals surface area contributed by atoms with Crippen LogP contribution >= 0.6 is 0 Å². The number of piperidine rings is 1. The molecule has 0 amide bonds. The van der Waals surface area contributed by atoms with Crippen LogP contribution in [0.5, 0.6) is 0 Å². The largest absolute Gasteiger partial charge is 0.469 e. The maximum absolute atomic E-state index is 12.2. The highest BCUT2D eigenvalue weighted by Gasteiger charge is 2.46. The van der Waals surface area contributed by atoms with Gasteiger partial charge in [0.1, 0.15) is 0 Å². The van der Waals surface area contributed by atoms with Crippen molar-refractivity contribution in [2.45, 2.75) is 44.2 Å². The van der Waals surface area contributed by atoms with Crippen LogP contribution in [0.2, 0.25) is 0 Å². The summed E-state index contributed by atoms with van der Waals surface area (Å²) in [5.41, 5.74) is 2.25. The van der Waals surface area contributed by atoms with Crippen LogP contribution in [0.1, 0.15) is 43.2 Å². The van der Waals surface area contributed by atoms with E-state index in [1.165, 1.54) is 12.7 Å². The summed E-state index contributed by atoms with van der Waals surface area (Å²) >= 11 is 0. The van der Waals surface area contributed by atoms with Gasteiger partial charge in [0.15, 0.2) is 0 Å². The summed E-state index contributed by atoms with van der Waals surface area (Å²) in [6.07, 6.45) is 3.24. The molecule has 1 N–H and O–H groups in total. The van der Waals surface area contributed by atoms with Crippen LogP contribution in [0.15, 0.2) is 24.3 Å². The molecule has 3 nitrogen and oxygen atoms in total. The van der Waals surface area contributed by atoms with Crippen molar-refractivity contribution in [3.63, 3.8) is 0 Å². The van der Waals surface area contributed by atoms with Crippen LogP contribution in [0, 0.1) is 17.8 Å². The number of hydrogen-bond donors (Lipinski definition) is 1. The topological polar surface area (TPSA) is 38.3 Å². The molecular weight excluding hydrogens is 262 g/mol. The van der Waals surface area contributed by atoms with Crippen LogP contribution in [0.4, 0.5) is 0 Å². The van der Waals surface area contributed by atoms with Crippen molar-refractivity contribution < 1.29 is 9.53 Å². The number of methoxy groups -OCH3 is 1. The zero-order valence-corrected chi connectivity index (χ0v) is 12.6. The Labute approximate surface area is 126 Å². The van der Waals surface area contributed by atoms with E-state index in [1.54, 1.807) is 0 Å². The van der Waals surface area contributed by atoms with E-state index in [0.29, 0.717) is 6.04 Å². The van der Waals surface area contributed by atoms with E-state index in [1.807, 2.05) is 19.1 Å². The standard InChI is InChI=1S/C18H21NO2/c1-3-4-12-5-7-13(8-6-12)15-11-14-9-10-16(19-14)17(15)18(20)21-2/h5-8,14-17,19H,9-11H2,1-2H3/t14-,15-,16?,17?/m1/s1. The van der Waals surface area contributed by atoms with Gasteiger partial charge in [-0.15, -0.1) is 5.92 Å². The van der Waals surface area contributed by atoms with Gasteiger partial charge in [0, 0.05) is 23.6 Å². The minimum absolute atomic E-state index is 0.0724. The van der Waals surface area contributed by atoms with Gasteiger partial charge < -0.3 is 10.1 Å². The van der Waals surface area contributed by atoms with E-state index in [2.05, 4.69) is 29.3 Å². The fourth-order valence-corrected chi connectivity index (χ4v) is 3.82. The smallest absolute Gasteiger partial charge is 0.310 e. The second-order valence-corrected chi connectivity index (χ2v) is 5.94. The molecule has 1 aromatic rings. The molecule has 2 aliphatic heterocycles. The third-order valence-corrected chi connectivity index (χ3v) is 4.76. The summed E-state index contributed by atoms with van der Waals surface area (Å²) < 4.78 is 5.05. The molecular formula is C18H21NO2. The average Bonchev–Trinajstić information content (AvgIpc) is 2.89. The molecule has 2 heterocycles. The fourth-order valence-electron chi connectivity index (χ4n) is 3.82. The van der Waals surface area contributed by atoms with Crippen molar-refractivity contribution in [1.29, 1.82) is 0 Å². The molecule has 0 spiro atoms. The summed E-state index contributed by atoms with van der Waals surface area (Å²) in [5.74, 6) is 6.06. The zero-order valence-electron chi connectivity index (χ0n) is 12.6. The molecule has 0 saturated carbocycles. The molecule has 21 heavy (non-hydrogen) atoms. The van der Waals surface area contributed by atoms with Crippen LogP contribution in [-0.2, 0) is 9.53 Å². The zero-order chi connectivity index (χ0) is 14.8. The number of carbonyl (C=O) groups excluding carboxylic acids is 1. The normalized spacial score (nSPS) is 30.4. The lowest BCUT2D eigenvalue weighted by Crippen LogP contribution is -2.48. The highest BCUT2D eigenvalue weighted by molar-refractivity contribution is 5.75. The SMILES string of the molecule is CC#Cc1ccc([C@H]2C[C@H]3CCC(N3)C2C(=O)OC)cc1. The van der Waals surface area contributed by atoms with E-state index < -0.39 is 0 Å². The lowest BCUT2D eigenvalue weighted by molar-refractivity contribution is -0.148. The van der Waals surface area contributed by atoms with Crippen molar-refractivity contribution in [1.82, 2.24) is 5.32 Å². The van der Waals surface area contributed by atoms with E-state index in [4.69, 9.17) is 4.74 Å². The number of fused-ring (bicyclic) bond motifs is 2. The first kappa shape index (κ1) is 14.2. The molecule has 0 aliphatic carbocycles. The molecule has 0 radical (unpaired) electrons. The van der Waals surface area contributed by atoms with Gasteiger partial charge in [0.25, 0.3) is 0 Å². The predicted octanol–water partition coefficient (Wildman–Crippen LogP) is 2.46. The van der Waals surface area contributed by atoms with E-state index >= 15 is 0 Å². The first-order valence-corrected chi connectivity index (χ1v) is 7.59. The Morgan fingerprint density at radius 2 is 2.05 bits per heavy atom. The quantitative estimate of drug-likeness (QED) is 0.669. The second kappa shape index (κ2) is 5.91. The summed E-state index contributed by atoms with van der Waals surface area (Å²) in [6.45, 7) is 1.84. The van der Waals surface area contributed by atoms with Gasteiger partial charge in [0.05, 0.1) is 13.0 Å². The predicted molar refractivity (Wildman–Crippen MR) is 81.8 cm³/mol. The number of hydrogen-bond acceptors (Lipinski definition) is 3. The Morgan fingerprint density at radius 1 is 1.29 bits per heavy atom. The number of ether oxygens (including phenoxy) is 1. The Morgan fingerprint density at radius 3 is 2.71 bits per heavy atom. The van der Waals surface area contributed by atoms with Gasteiger partial charge in [-0.2, -0.15) is 0 Å². The Balaban J connectivity index is 1.90. The highest BCUT2D eigenvalue weighted by atomic mass is 16.5.